The van der Waals surface area contributed by atoms with Crippen molar-refractivity contribution in [2.24, 2.45) is 5.92 Å². The van der Waals surface area contributed by atoms with Crippen LogP contribution in [0.2, 0.25) is 0 Å². The van der Waals surface area contributed by atoms with Gasteiger partial charge in [0.2, 0.25) is 11.8 Å². The molecule has 0 bridgehead atoms. The van der Waals surface area contributed by atoms with Crippen molar-refractivity contribution in [3.8, 4) is 0 Å². The fourth-order valence-electron chi connectivity index (χ4n) is 3.31. The molecule has 1 N–H and O–H groups in total. The van der Waals surface area contributed by atoms with E-state index in [1.54, 1.807) is 6.08 Å². The van der Waals surface area contributed by atoms with Crippen LogP contribution in [0, 0.1) is 11.3 Å². The van der Waals surface area contributed by atoms with Gasteiger partial charge in [0, 0.05) is 25.6 Å². The largest absolute Gasteiger partial charge is 0.481 e. The Labute approximate surface area is 139 Å². The Morgan fingerprint density at radius 1 is 1.17 bits per heavy atom. The summed E-state index contributed by atoms with van der Waals surface area (Å²) in [6, 6.07) is 0. The lowest BCUT2D eigenvalue weighted by Gasteiger charge is -2.35. The molecule has 0 aromatic rings. The summed E-state index contributed by atoms with van der Waals surface area (Å²) in [5.74, 6) is 0.712. The van der Waals surface area contributed by atoms with Crippen LogP contribution in [0.3, 0.4) is 0 Å². The van der Waals surface area contributed by atoms with Crippen molar-refractivity contribution in [1.82, 2.24) is 9.80 Å². The van der Waals surface area contributed by atoms with E-state index in [-0.39, 0.29) is 11.8 Å². The van der Waals surface area contributed by atoms with Crippen molar-refractivity contribution in [2.75, 3.05) is 39.8 Å². The topological polar surface area (TPSA) is 56.6 Å². The minimum Gasteiger partial charge on any atom is -0.481 e. The number of likely N-dealkylation sites (tertiary alicyclic amines) is 2. The Balaban J connectivity index is 1.73. The van der Waals surface area contributed by atoms with Crippen LogP contribution < -0.4 is 0 Å². The Morgan fingerprint density at radius 3 is 2.43 bits per heavy atom. The van der Waals surface area contributed by atoms with Crippen molar-refractivity contribution >= 4 is 11.8 Å². The van der Waals surface area contributed by atoms with Gasteiger partial charge in [-0.3, -0.25) is 15.1 Å². The summed E-state index contributed by atoms with van der Waals surface area (Å²) in [4.78, 5) is 16.9. The van der Waals surface area contributed by atoms with Gasteiger partial charge in [-0.05, 0) is 56.8 Å². The summed E-state index contributed by atoms with van der Waals surface area (Å²) >= 11 is 0. The molecule has 2 aliphatic heterocycles. The number of amides is 1. The number of ether oxygens (including phenoxy) is 1. The number of piperidine rings is 2. The molecule has 0 aromatic carbocycles. The van der Waals surface area contributed by atoms with Crippen LogP contribution in [0.1, 0.15) is 32.1 Å². The van der Waals surface area contributed by atoms with Gasteiger partial charge in [-0.1, -0.05) is 12.7 Å². The van der Waals surface area contributed by atoms with Crippen LogP contribution in [0.4, 0.5) is 0 Å². The smallest absolute Gasteiger partial charge is 0.225 e. The van der Waals surface area contributed by atoms with Crippen LogP contribution in [0.25, 0.3) is 0 Å². The Morgan fingerprint density at radius 2 is 1.83 bits per heavy atom. The number of carbonyl (C=O) groups excluding carboxylic acids is 1. The van der Waals surface area contributed by atoms with Crippen molar-refractivity contribution < 1.29 is 9.53 Å². The monoisotopic (exact) mass is 319 g/mol. The lowest BCUT2D eigenvalue weighted by molar-refractivity contribution is -0.137. The molecule has 0 saturated carbocycles. The fraction of sp³-hybridized carbons (Fsp3) is 0.667. The van der Waals surface area contributed by atoms with E-state index < -0.39 is 0 Å². The van der Waals surface area contributed by atoms with Crippen LogP contribution in [-0.4, -0.2) is 61.4 Å². The van der Waals surface area contributed by atoms with E-state index in [4.69, 9.17) is 10.1 Å². The molecule has 0 aliphatic carbocycles. The van der Waals surface area contributed by atoms with Crippen LogP contribution in [-0.2, 0) is 9.53 Å². The number of nitrogens with one attached hydrogen (secondary N) is 1. The molecule has 2 aliphatic rings. The first-order chi connectivity index (χ1) is 11.1. The van der Waals surface area contributed by atoms with Crippen LogP contribution in [0.5, 0.6) is 0 Å². The number of hydrogen-bond donors (Lipinski definition) is 1. The molecule has 5 heteroatoms. The number of rotatable bonds is 5. The molecular weight excluding hydrogens is 290 g/mol. The van der Waals surface area contributed by atoms with E-state index in [0.29, 0.717) is 5.91 Å². The van der Waals surface area contributed by atoms with Crippen molar-refractivity contribution in [3.63, 3.8) is 0 Å². The molecule has 0 spiro atoms. The fourth-order valence-corrected chi connectivity index (χ4v) is 3.31. The molecule has 2 saturated heterocycles. The van der Waals surface area contributed by atoms with Gasteiger partial charge >= 0.3 is 0 Å². The molecule has 2 rings (SSSR count). The number of methoxy groups -OCH3 is 1. The van der Waals surface area contributed by atoms with Gasteiger partial charge in [0.15, 0.2) is 0 Å². The molecule has 1 amide bonds. The van der Waals surface area contributed by atoms with Gasteiger partial charge in [0.05, 0.1) is 7.11 Å². The SMILES string of the molecule is C=C(/C=C\C(=N)OC)CN1CCC(C(=O)N2CCCCC2)CC1. The van der Waals surface area contributed by atoms with Gasteiger partial charge < -0.3 is 9.64 Å². The van der Waals surface area contributed by atoms with E-state index >= 15 is 0 Å². The number of nitrogens with zero attached hydrogens (tertiary/aromatic N) is 2. The first-order valence-corrected chi connectivity index (χ1v) is 8.59. The van der Waals surface area contributed by atoms with Gasteiger partial charge in [0.25, 0.3) is 0 Å². The van der Waals surface area contributed by atoms with Crippen LogP contribution in [0.15, 0.2) is 24.3 Å². The second-order valence-corrected chi connectivity index (χ2v) is 6.50. The maximum Gasteiger partial charge on any atom is 0.225 e. The molecule has 5 nitrogen and oxygen atoms in total. The van der Waals surface area contributed by atoms with Crippen molar-refractivity contribution in [1.29, 1.82) is 5.41 Å². The summed E-state index contributed by atoms with van der Waals surface area (Å²) in [6.45, 7) is 8.60. The van der Waals surface area contributed by atoms with Gasteiger partial charge in [0.1, 0.15) is 0 Å². The maximum absolute atomic E-state index is 12.5. The lowest BCUT2D eigenvalue weighted by Crippen LogP contribution is -2.44. The predicted molar refractivity (Wildman–Crippen MR) is 92.6 cm³/mol. The molecular formula is C18H29N3O2. The molecule has 128 valence electrons. The second-order valence-electron chi connectivity index (χ2n) is 6.50. The molecule has 0 unspecified atom stereocenters. The summed E-state index contributed by atoms with van der Waals surface area (Å²) < 4.78 is 4.79. The maximum atomic E-state index is 12.5. The minimum atomic E-state index is 0.136. The van der Waals surface area contributed by atoms with E-state index in [0.717, 1.165) is 64.0 Å². The van der Waals surface area contributed by atoms with Crippen molar-refractivity contribution in [3.05, 3.63) is 24.3 Å². The van der Waals surface area contributed by atoms with E-state index in [2.05, 4.69) is 16.4 Å². The lowest BCUT2D eigenvalue weighted by atomic mass is 9.94. The quantitative estimate of drug-likeness (QED) is 0.481. The molecule has 0 radical (unpaired) electrons. The Hall–Kier alpha value is -1.62. The normalized spacial score (nSPS) is 20.7. The zero-order valence-electron chi connectivity index (χ0n) is 14.2. The standard InChI is InChI=1S/C18H29N3O2/c1-15(6-7-17(19)23-2)14-20-12-8-16(9-13-20)18(22)21-10-4-3-5-11-21/h6-7,16,19H,1,3-5,8-14H2,2H3/b7-6-,19-17?. The Bertz CT molecular complexity index is 459. The highest BCUT2D eigenvalue weighted by atomic mass is 16.5. The third-order valence-electron chi connectivity index (χ3n) is 4.72. The number of carbonyl (C=O) groups is 1. The van der Waals surface area contributed by atoms with E-state index in [1.807, 2.05) is 6.08 Å². The van der Waals surface area contributed by atoms with E-state index in [9.17, 15) is 4.79 Å². The molecule has 0 aromatic heterocycles. The average molecular weight is 319 g/mol. The first-order valence-electron chi connectivity index (χ1n) is 8.59. The second kappa shape index (κ2) is 8.87. The number of hydrogen-bond acceptors (Lipinski definition) is 4. The molecule has 2 heterocycles. The Kier molecular flexibility index (Phi) is 6.84. The zero-order chi connectivity index (χ0) is 16.7. The highest BCUT2D eigenvalue weighted by Crippen LogP contribution is 2.22. The summed E-state index contributed by atoms with van der Waals surface area (Å²) in [5, 5.41) is 7.42. The summed E-state index contributed by atoms with van der Waals surface area (Å²) in [7, 11) is 1.49. The molecule has 2 fully saturated rings. The minimum absolute atomic E-state index is 0.136. The third kappa shape index (κ3) is 5.50. The van der Waals surface area contributed by atoms with Gasteiger partial charge in [-0.2, -0.15) is 0 Å². The van der Waals surface area contributed by atoms with E-state index in [1.165, 1.54) is 13.5 Å². The highest BCUT2D eigenvalue weighted by molar-refractivity contribution is 5.85. The molecule has 0 atom stereocenters. The molecule has 23 heavy (non-hydrogen) atoms. The zero-order valence-corrected chi connectivity index (χ0v) is 14.2. The predicted octanol–water partition coefficient (Wildman–Crippen LogP) is 2.45. The highest BCUT2D eigenvalue weighted by Gasteiger charge is 2.29. The summed E-state index contributed by atoms with van der Waals surface area (Å²) in [6.07, 6.45) is 8.92. The summed E-state index contributed by atoms with van der Waals surface area (Å²) in [5.41, 5.74) is 0.965. The first kappa shape index (κ1) is 17.7. The van der Waals surface area contributed by atoms with Crippen molar-refractivity contribution in [2.45, 2.75) is 32.1 Å². The van der Waals surface area contributed by atoms with Crippen LogP contribution >= 0.6 is 0 Å². The van der Waals surface area contributed by atoms with Gasteiger partial charge in [-0.15, -0.1) is 0 Å². The average Bonchev–Trinajstić information content (AvgIpc) is 2.60. The third-order valence-corrected chi connectivity index (χ3v) is 4.72. The van der Waals surface area contributed by atoms with Gasteiger partial charge in [-0.25, -0.2) is 0 Å².